The summed E-state index contributed by atoms with van der Waals surface area (Å²) in [5.41, 5.74) is 3.96. The summed E-state index contributed by atoms with van der Waals surface area (Å²) in [5, 5.41) is 0. The zero-order valence-corrected chi connectivity index (χ0v) is 20.4. The number of anilines is 1. The van der Waals surface area contributed by atoms with Crippen LogP contribution in [0.5, 0.6) is 5.75 Å². The number of aromatic nitrogens is 1. The second-order valence-corrected chi connectivity index (χ2v) is 9.40. The van der Waals surface area contributed by atoms with Gasteiger partial charge in [-0.15, -0.1) is 0 Å². The summed E-state index contributed by atoms with van der Waals surface area (Å²) >= 11 is 0. The molecule has 37 heavy (non-hydrogen) atoms. The number of benzene rings is 3. The summed E-state index contributed by atoms with van der Waals surface area (Å²) in [5.74, 6) is -0.104. The number of ether oxygens (including phenoxy) is 1. The van der Waals surface area contributed by atoms with Gasteiger partial charge < -0.3 is 14.2 Å². The highest BCUT2D eigenvalue weighted by molar-refractivity contribution is 6.03. The molecular formula is C30H26FN3O3. The molecule has 7 heteroatoms. The lowest BCUT2D eigenvalue weighted by atomic mass is 9.97. The van der Waals surface area contributed by atoms with Crippen LogP contribution in [-0.4, -0.2) is 41.0 Å². The first kappa shape index (κ1) is 23.0. The molecule has 0 N–H and O–H groups in total. The number of hydrogen-bond donors (Lipinski definition) is 0. The molecule has 3 aromatic carbocycles. The van der Waals surface area contributed by atoms with Crippen molar-refractivity contribution >= 4 is 17.5 Å². The van der Waals surface area contributed by atoms with Crippen LogP contribution in [0.2, 0.25) is 0 Å². The molecule has 1 aliphatic heterocycles. The van der Waals surface area contributed by atoms with E-state index in [0.29, 0.717) is 5.56 Å². The van der Waals surface area contributed by atoms with E-state index in [2.05, 4.69) is 4.57 Å². The molecular weight excluding hydrogens is 469 g/mol. The lowest BCUT2D eigenvalue weighted by Crippen LogP contribution is -2.47. The first-order valence-corrected chi connectivity index (χ1v) is 12.3. The number of nitrogens with zero attached hydrogens (tertiary/aromatic N) is 3. The van der Waals surface area contributed by atoms with Crippen molar-refractivity contribution < 1.29 is 18.7 Å². The average Bonchev–Trinajstić information content (AvgIpc) is 3.66. The molecule has 0 spiro atoms. The average molecular weight is 496 g/mol. The molecule has 2 aliphatic rings. The Labute approximate surface area is 214 Å². The number of carbonyl (C=O) groups is 2. The molecule has 0 radical (unpaired) electrons. The summed E-state index contributed by atoms with van der Waals surface area (Å²) < 4.78 is 20.9. The fourth-order valence-corrected chi connectivity index (χ4v) is 5.10. The number of hydrogen-bond acceptors (Lipinski definition) is 3. The summed E-state index contributed by atoms with van der Waals surface area (Å²) in [6.45, 7) is -0.0669. The molecule has 1 atom stereocenters. The Hall–Kier alpha value is -4.39. The molecule has 6 nitrogen and oxygen atoms in total. The van der Waals surface area contributed by atoms with Crippen molar-refractivity contribution in [3.05, 3.63) is 114 Å². The smallest absolute Gasteiger partial charge is 0.254 e. The minimum Gasteiger partial charge on any atom is -0.497 e. The maximum absolute atomic E-state index is 14.2. The Morgan fingerprint density at radius 3 is 2.30 bits per heavy atom. The Balaban J connectivity index is 1.40. The molecule has 1 aliphatic carbocycles. The summed E-state index contributed by atoms with van der Waals surface area (Å²) in [6, 6.07) is 24.6. The van der Waals surface area contributed by atoms with Gasteiger partial charge in [0.25, 0.3) is 5.91 Å². The van der Waals surface area contributed by atoms with E-state index in [9.17, 15) is 14.0 Å². The first-order chi connectivity index (χ1) is 18.0. The monoisotopic (exact) mass is 495 g/mol. The minimum absolute atomic E-state index is 0.00448. The fourth-order valence-electron chi connectivity index (χ4n) is 5.10. The quantitative estimate of drug-likeness (QED) is 0.362. The normalized spacial score (nSPS) is 16.1. The predicted octanol–water partition coefficient (Wildman–Crippen LogP) is 5.37. The van der Waals surface area contributed by atoms with Crippen molar-refractivity contribution in [3.8, 4) is 11.4 Å². The van der Waals surface area contributed by atoms with Crippen molar-refractivity contribution in [1.29, 1.82) is 0 Å². The number of halogens is 1. The van der Waals surface area contributed by atoms with Crippen LogP contribution in [0.1, 0.15) is 40.5 Å². The third-order valence-electron chi connectivity index (χ3n) is 7.06. The predicted molar refractivity (Wildman–Crippen MR) is 139 cm³/mol. The van der Waals surface area contributed by atoms with Crippen molar-refractivity contribution in [2.75, 3.05) is 18.6 Å². The van der Waals surface area contributed by atoms with Gasteiger partial charge in [-0.2, -0.15) is 0 Å². The molecule has 2 heterocycles. The zero-order valence-electron chi connectivity index (χ0n) is 20.4. The summed E-state index contributed by atoms with van der Waals surface area (Å²) in [4.78, 5) is 31.0. The summed E-state index contributed by atoms with van der Waals surface area (Å²) in [7, 11) is 1.62. The van der Waals surface area contributed by atoms with Gasteiger partial charge in [-0.25, -0.2) is 4.39 Å². The van der Waals surface area contributed by atoms with Gasteiger partial charge in [0.2, 0.25) is 5.91 Å². The highest BCUT2D eigenvalue weighted by atomic mass is 19.1. The van der Waals surface area contributed by atoms with E-state index in [1.807, 2.05) is 66.9 Å². The standard InChI is InChI=1S/C30H26FN3O3/c1-37-24-16-10-20(11-17-24)29-27-7-4-18-32(27)25-5-2-3-6-26(25)34(29)28(35)19-33(23-14-15-23)30(36)21-8-12-22(31)13-9-21/h2-13,16-18,23,29H,14-15,19H2,1H3. The number of amides is 2. The van der Waals surface area contributed by atoms with Crippen LogP contribution in [0.25, 0.3) is 5.69 Å². The molecule has 1 aromatic heterocycles. The molecule has 1 fully saturated rings. The molecule has 6 rings (SSSR count). The zero-order chi connectivity index (χ0) is 25.5. The SMILES string of the molecule is COc1ccc(C2c3cccn3-c3ccccc3N2C(=O)CN(C(=O)c2ccc(F)cc2)C2CC2)cc1. The van der Waals surface area contributed by atoms with Gasteiger partial charge in [-0.05, 0) is 79.1 Å². The van der Waals surface area contributed by atoms with Gasteiger partial charge in [-0.1, -0.05) is 24.3 Å². The molecule has 1 unspecified atom stereocenters. The molecule has 0 bridgehead atoms. The highest BCUT2D eigenvalue weighted by Crippen LogP contribution is 2.43. The first-order valence-electron chi connectivity index (χ1n) is 12.3. The van der Waals surface area contributed by atoms with Gasteiger partial charge in [0.1, 0.15) is 24.2 Å². The van der Waals surface area contributed by atoms with E-state index in [4.69, 9.17) is 4.74 Å². The maximum Gasteiger partial charge on any atom is 0.254 e. The minimum atomic E-state index is -0.402. The lowest BCUT2D eigenvalue weighted by Gasteiger charge is -2.39. The Kier molecular flexibility index (Phi) is 5.75. The van der Waals surface area contributed by atoms with Crippen molar-refractivity contribution in [1.82, 2.24) is 9.47 Å². The number of methoxy groups -OCH3 is 1. The largest absolute Gasteiger partial charge is 0.497 e. The van der Waals surface area contributed by atoms with E-state index in [-0.39, 0.29) is 30.4 Å². The van der Waals surface area contributed by atoms with Crippen molar-refractivity contribution in [2.24, 2.45) is 0 Å². The van der Waals surface area contributed by atoms with Gasteiger partial charge in [-0.3, -0.25) is 14.5 Å². The van der Waals surface area contributed by atoms with Crippen LogP contribution >= 0.6 is 0 Å². The number of carbonyl (C=O) groups excluding carboxylic acids is 2. The highest BCUT2D eigenvalue weighted by Gasteiger charge is 2.40. The van der Waals surface area contributed by atoms with Gasteiger partial charge >= 0.3 is 0 Å². The van der Waals surface area contributed by atoms with Gasteiger partial charge in [0, 0.05) is 17.8 Å². The second-order valence-electron chi connectivity index (χ2n) is 9.40. The van der Waals surface area contributed by atoms with E-state index < -0.39 is 5.82 Å². The number of fused-ring (bicyclic) bond motifs is 3. The third-order valence-corrected chi connectivity index (χ3v) is 7.06. The van der Waals surface area contributed by atoms with Crippen LogP contribution in [0, 0.1) is 5.82 Å². The van der Waals surface area contributed by atoms with Crippen molar-refractivity contribution in [2.45, 2.75) is 24.9 Å². The Morgan fingerprint density at radius 1 is 0.919 bits per heavy atom. The van der Waals surface area contributed by atoms with Crippen LogP contribution in [0.4, 0.5) is 10.1 Å². The van der Waals surface area contributed by atoms with E-state index in [1.54, 1.807) is 16.9 Å². The Bertz CT molecular complexity index is 1460. The third kappa shape index (κ3) is 4.16. The van der Waals surface area contributed by atoms with Crippen molar-refractivity contribution in [3.63, 3.8) is 0 Å². The molecule has 0 saturated heterocycles. The number of rotatable bonds is 6. The molecule has 2 amide bonds. The van der Waals surface area contributed by atoms with Gasteiger partial charge in [0.15, 0.2) is 0 Å². The van der Waals surface area contributed by atoms with E-state index in [1.165, 1.54) is 24.3 Å². The molecule has 186 valence electrons. The van der Waals surface area contributed by atoms with Crippen LogP contribution in [-0.2, 0) is 4.79 Å². The second kappa shape index (κ2) is 9.24. The molecule has 1 saturated carbocycles. The summed E-state index contributed by atoms with van der Waals surface area (Å²) in [6.07, 6.45) is 3.70. The maximum atomic E-state index is 14.2. The van der Waals surface area contributed by atoms with Crippen LogP contribution in [0.3, 0.4) is 0 Å². The van der Waals surface area contributed by atoms with E-state index in [0.717, 1.165) is 41.2 Å². The lowest BCUT2D eigenvalue weighted by molar-refractivity contribution is -0.119. The van der Waals surface area contributed by atoms with Crippen LogP contribution in [0.15, 0.2) is 91.1 Å². The fraction of sp³-hybridized carbons (Fsp3) is 0.200. The van der Waals surface area contributed by atoms with Gasteiger partial charge in [0.05, 0.1) is 24.2 Å². The number of para-hydroxylation sites is 2. The van der Waals surface area contributed by atoms with E-state index >= 15 is 0 Å². The molecule has 4 aromatic rings. The topological polar surface area (TPSA) is 54.8 Å². The van der Waals surface area contributed by atoms with Crippen LogP contribution < -0.4 is 9.64 Å². The Morgan fingerprint density at radius 2 is 1.62 bits per heavy atom.